The Kier molecular flexibility index (Phi) is 3.38. The highest BCUT2D eigenvalue weighted by atomic mass is 35.5. The zero-order chi connectivity index (χ0) is 12.7. The van der Waals surface area contributed by atoms with Crippen molar-refractivity contribution in [1.29, 1.82) is 0 Å². The van der Waals surface area contributed by atoms with E-state index in [-0.39, 0.29) is 17.5 Å². The average Bonchev–Trinajstić information content (AvgIpc) is 2.24. The van der Waals surface area contributed by atoms with Crippen LogP contribution < -0.4 is 5.32 Å². The summed E-state index contributed by atoms with van der Waals surface area (Å²) in [6.45, 7) is 6.56. The maximum atomic E-state index is 10.7. The van der Waals surface area contributed by atoms with Crippen LogP contribution in [-0.2, 0) is 4.74 Å². The third kappa shape index (κ3) is 2.58. The molecule has 0 bridgehead atoms. The largest absolute Gasteiger partial charge is 0.364 e. The molecule has 2 aliphatic rings. The minimum atomic E-state index is -1.18. The van der Waals surface area contributed by atoms with Gasteiger partial charge in [0.05, 0.1) is 12.6 Å². The number of ether oxygens (including phenoxy) is 1. The molecule has 1 heterocycles. The molecule has 0 amide bonds. The lowest BCUT2D eigenvalue weighted by molar-refractivity contribution is -0.274. The molecule has 3 nitrogen and oxygen atoms in total. The van der Waals surface area contributed by atoms with Gasteiger partial charge in [0.2, 0.25) is 0 Å². The summed E-state index contributed by atoms with van der Waals surface area (Å²) in [6, 6.07) is -0.136. The molecule has 1 unspecified atom stereocenters. The summed E-state index contributed by atoms with van der Waals surface area (Å²) in [7, 11) is 0. The van der Waals surface area contributed by atoms with E-state index in [1.54, 1.807) is 0 Å². The van der Waals surface area contributed by atoms with Crippen LogP contribution in [0, 0.1) is 5.92 Å². The lowest BCUT2D eigenvalue weighted by Gasteiger charge is -2.49. The van der Waals surface area contributed by atoms with Crippen molar-refractivity contribution in [1.82, 2.24) is 5.32 Å². The number of aliphatic hydroxyl groups is 1. The Balaban J connectivity index is 2.15. The highest BCUT2D eigenvalue weighted by molar-refractivity contribution is 6.29. The van der Waals surface area contributed by atoms with E-state index in [0.29, 0.717) is 13.0 Å². The minimum absolute atomic E-state index is 0.0985. The Bertz CT molecular complexity index is 364. The number of halogens is 1. The van der Waals surface area contributed by atoms with E-state index in [0.717, 1.165) is 5.03 Å². The molecule has 0 radical (unpaired) electrons. The van der Waals surface area contributed by atoms with Gasteiger partial charge < -0.3 is 15.2 Å². The van der Waals surface area contributed by atoms with Crippen molar-refractivity contribution in [2.75, 3.05) is 6.61 Å². The molecule has 0 saturated carbocycles. The lowest BCUT2D eigenvalue weighted by atomic mass is 9.84. The lowest BCUT2D eigenvalue weighted by Crippen LogP contribution is -2.67. The third-order valence-corrected chi connectivity index (χ3v) is 3.74. The second kappa shape index (κ2) is 4.39. The predicted octanol–water partition coefficient (Wildman–Crippen LogP) is 2.16. The zero-order valence-corrected chi connectivity index (χ0v) is 11.3. The number of allylic oxidation sites excluding steroid dienone is 3. The Hall–Kier alpha value is -0.350. The standard InChI is InChI=1S/C13H20ClNO2/c1-9-13(16,17-8-12(2,3)15-9)10-5-4-6-11(14)7-10/h4-6,9-10,15-16H,7-8H2,1-3H3/t9-,10?,13+/m0/s1. The van der Waals surface area contributed by atoms with Gasteiger partial charge in [-0.1, -0.05) is 23.8 Å². The third-order valence-electron chi connectivity index (χ3n) is 3.46. The van der Waals surface area contributed by atoms with Gasteiger partial charge in [0.15, 0.2) is 5.79 Å². The zero-order valence-electron chi connectivity index (χ0n) is 10.5. The van der Waals surface area contributed by atoms with Crippen LogP contribution in [0.15, 0.2) is 23.3 Å². The van der Waals surface area contributed by atoms with Gasteiger partial charge in [0.25, 0.3) is 0 Å². The van der Waals surface area contributed by atoms with Crippen molar-refractivity contribution in [3.8, 4) is 0 Å². The highest BCUT2D eigenvalue weighted by Crippen LogP contribution is 2.36. The number of nitrogens with one attached hydrogen (secondary N) is 1. The summed E-state index contributed by atoms with van der Waals surface area (Å²) >= 11 is 6.02. The van der Waals surface area contributed by atoms with Crippen LogP contribution in [0.4, 0.5) is 0 Å². The fourth-order valence-corrected chi connectivity index (χ4v) is 2.74. The van der Waals surface area contributed by atoms with Gasteiger partial charge in [0.1, 0.15) is 0 Å². The second-order valence-electron chi connectivity index (χ2n) is 5.60. The topological polar surface area (TPSA) is 41.5 Å². The SMILES string of the molecule is C[C@@H]1NC(C)(C)CO[C@@]1(O)C1C=CC=C(Cl)C1. The van der Waals surface area contributed by atoms with Crippen molar-refractivity contribution in [3.05, 3.63) is 23.3 Å². The number of hydrogen-bond donors (Lipinski definition) is 2. The Morgan fingerprint density at radius 2 is 2.24 bits per heavy atom. The average molecular weight is 258 g/mol. The summed E-state index contributed by atoms with van der Waals surface area (Å²) in [5.74, 6) is -1.28. The van der Waals surface area contributed by atoms with Gasteiger partial charge in [0, 0.05) is 16.5 Å². The molecule has 0 spiro atoms. The summed E-state index contributed by atoms with van der Waals surface area (Å²) in [5, 5.41) is 14.8. The molecule has 96 valence electrons. The van der Waals surface area contributed by atoms with Crippen molar-refractivity contribution in [3.63, 3.8) is 0 Å². The van der Waals surface area contributed by atoms with Gasteiger partial charge >= 0.3 is 0 Å². The van der Waals surface area contributed by atoms with Crippen LogP contribution in [0.3, 0.4) is 0 Å². The first kappa shape index (κ1) is 13.1. The summed E-state index contributed by atoms with van der Waals surface area (Å²) < 4.78 is 5.74. The van der Waals surface area contributed by atoms with E-state index in [1.807, 2.05) is 25.2 Å². The van der Waals surface area contributed by atoms with Crippen LogP contribution in [0.1, 0.15) is 27.2 Å². The quantitative estimate of drug-likeness (QED) is 0.757. The number of hydrogen-bond acceptors (Lipinski definition) is 3. The van der Waals surface area contributed by atoms with Crippen LogP contribution in [-0.4, -0.2) is 29.1 Å². The smallest absolute Gasteiger partial charge is 0.187 e. The van der Waals surface area contributed by atoms with E-state index in [1.165, 1.54) is 0 Å². The summed E-state index contributed by atoms with van der Waals surface area (Å²) in [6.07, 6.45) is 6.32. The van der Waals surface area contributed by atoms with E-state index < -0.39 is 5.79 Å². The molecule has 1 aliphatic heterocycles. The van der Waals surface area contributed by atoms with Crippen LogP contribution in [0.5, 0.6) is 0 Å². The first-order valence-electron chi connectivity index (χ1n) is 6.00. The molecule has 3 atom stereocenters. The van der Waals surface area contributed by atoms with E-state index >= 15 is 0 Å². The molecular weight excluding hydrogens is 238 g/mol. The first-order valence-corrected chi connectivity index (χ1v) is 6.38. The molecule has 2 rings (SSSR count). The van der Waals surface area contributed by atoms with E-state index in [9.17, 15) is 5.11 Å². The van der Waals surface area contributed by atoms with Crippen molar-refractivity contribution in [2.24, 2.45) is 5.92 Å². The number of morpholine rings is 1. The molecule has 0 aromatic carbocycles. The number of rotatable bonds is 1. The fraction of sp³-hybridized carbons (Fsp3) is 0.692. The van der Waals surface area contributed by atoms with Crippen molar-refractivity contribution < 1.29 is 9.84 Å². The molecule has 1 saturated heterocycles. The fourth-order valence-electron chi connectivity index (χ4n) is 2.50. The second-order valence-corrected chi connectivity index (χ2v) is 6.08. The van der Waals surface area contributed by atoms with Gasteiger partial charge in [-0.05, 0) is 33.3 Å². The monoisotopic (exact) mass is 257 g/mol. The Labute approximate surface area is 107 Å². The van der Waals surface area contributed by atoms with Gasteiger partial charge in [-0.15, -0.1) is 0 Å². The highest BCUT2D eigenvalue weighted by Gasteiger charge is 2.48. The van der Waals surface area contributed by atoms with Crippen LogP contribution >= 0.6 is 11.6 Å². The van der Waals surface area contributed by atoms with E-state index in [2.05, 4.69) is 19.2 Å². The molecule has 1 fully saturated rings. The summed E-state index contributed by atoms with van der Waals surface area (Å²) in [4.78, 5) is 0. The van der Waals surface area contributed by atoms with Crippen LogP contribution in [0.25, 0.3) is 0 Å². The maximum absolute atomic E-state index is 10.7. The Morgan fingerprint density at radius 3 is 2.82 bits per heavy atom. The molecule has 0 aromatic rings. The van der Waals surface area contributed by atoms with Gasteiger partial charge in [-0.25, -0.2) is 0 Å². The maximum Gasteiger partial charge on any atom is 0.187 e. The molecular formula is C13H20ClNO2. The molecule has 4 heteroatoms. The molecule has 2 N–H and O–H groups in total. The van der Waals surface area contributed by atoms with Gasteiger partial charge in [-0.3, -0.25) is 0 Å². The van der Waals surface area contributed by atoms with Crippen LogP contribution in [0.2, 0.25) is 0 Å². The molecule has 0 aromatic heterocycles. The normalized spacial score (nSPS) is 41.1. The predicted molar refractivity (Wildman–Crippen MR) is 68.8 cm³/mol. The van der Waals surface area contributed by atoms with Crippen molar-refractivity contribution in [2.45, 2.75) is 44.6 Å². The van der Waals surface area contributed by atoms with Crippen molar-refractivity contribution >= 4 is 11.6 Å². The summed E-state index contributed by atoms with van der Waals surface area (Å²) in [5.41, 5.74) is -0.107. The molecule has 17 heavy (non-hydrogen) atoms. The van der Waals surface area contributed by atoms with Gasteiger partial charge in [-0.2, -0.15) is 0 Å². The minimum Gasteiger partial charge on any atom is -0.364 e. The Morgan fingerprint density at radius 1 is 1.53 bits per heavy atom. The van der Waals surface area contributed by atoms with E-state index in [4.69, 9.17) is 16.3 Å². The molecule has 1 aliphatic carbocycles. The first-order chi connectivity index (χ1) is 7.83.